The van der Waals surface area contributed by atoms with E-state index in [1.165, 1.54) is 12.0 Å². The van der Waals surface area contributed by atoms with Gasteiger partial charge in [-0.1, -0.05) is 72.8 Å². The Kier molecular flexibility index (Phi) is 4.95. The molecule has 128 valence electrons. The normalized spacial score (nSPS) is 21.0. The molecule has 0 aliphatic carbocycles. The molecule has 2 N–H and O–H groups in total. The summed E-state index contributed by atoms with van der Waals surface area (Å²) >= 11 is 0. The number of ether oxygens (including phenoxy) is 1. The Morgan fingerprint density at radius 1 is 1.12 bits per heavy atom. The number of methoxy groups -OCH3 is 1. The monoisotopic (exact) mass is 336 g/mol. The van der Waals surface area contributed by atoms with E-state index in [0.29, 0.717) is 5.56 Å². The second-order valence-corrected chi connectivity index (χ2v) is 5.87. The number of nitrogens with zero attached hydrogens (tertiary/aromatic N) is 1. The lowest BCUT2D eigenvalue weighted by Crippen LogP contribution is -2.69. The average Bonchev–Trinajstić information content (AvgIpc) is 2.68. The number of likely N-dealkylation sites (tertiary alicyclic amines) is 1. The summed E-state index contributed by atoms with van der Waals surface area (Å²) in [5.41, 5.74) is 7.69. The number of amides is 1. The van der Waals surface area contributed by atoms with E-state index < -0.39 is 18.1 Å². The van der Waals surface area contributed by atoms with Crippen LogP contribution in [0.15, 0.2) is 66.7 Å². The van der Waals surface area contributed by atoms with Crippen LogP contribution in [0.3, 0.4) is 0 Å². The molecule has 1 saturated heterocycles. The van der Waals surface area contributed by atoms with E-state index in [1.54, 1.807) is 12.1 Å². The molecule has 2 aromatic rings. The van der Waals surface area contributed by atoms with Gasteiger partial charge in [0.1, 0.15) is 6.04 Å². The van der Waals surface area contributed by atoms with Crippen LogP contribution < -0.4 is 5.73 Å². The third kappa shape index (κ3) is 3.32. The van der Waals surface area contributed by atoms with Gasteiger partial charge >= 0.3 is 5.97 Å². The highest BCUT2D eigenvalue weighted by Crippen LogP contribution is 2.33. The molecule has 5 heteroatoms. The Balaban J connectivity index is 1.90. The second-order valence-electron chi connectivity index (χ2n) is 5.87. The Morgan fingerprint density at radius 3 is 2.32 bits per heavy atom. The molecule has 2 aromatic carbocycles. The highest BCUT2D eigenvalue weighted by atomic mass is 16.5. The third-order valence-corrected chi connectivity index (χ3v) is 4.33. The van der Waals surface area contributed by atoms with Gasteiger partial charge in [-0.15, -0.1) is 0 Å². The molecular formula is C20H20N2O3. The van der Waals surface area contributed by atoms with Crippen LogP contribution >= 0.6 is 0 Å². The molecule has 3 atom stereocenters. The molecule has 1 aliphatic heterocycles. The molecule has 1 fully saturated rings. The predicted molar refractivity (Wildman–Crippen MR) is 95.3 cm³/mol. The number of esters is 1. The number of benzene rings is 2. The molecule has 0 radical (unpaired) electrons. The summed E-state index contributed by atoms with van der Waals surface area (Å²) in [6.45, 7) is 0. The molecule has 25 heavy (non-hydrogen) atoms. The Hall–Kier alpha value is -2.92. The maximum atomic E-state index is 12.4. The van der Waals surface area contributed by atoms with Gasteiger partial charge < -0.3 is 15.4 Å². The zero-order valence-corrected chi connectivity index (χ0v) is 13.9. The van der Waals surface area contributed by atoms with E-state index in [4.69, 9.17) is 10.5 Å². The summed E-state index contributed by atoms with van der Waals surface area (Å²) in [5.74, 6) is -0.744. The number of nitrogens with two attached hydrogens (primary N) is 1. The minimum absolute atomic E-state index is 0.262. The van der Waals surface area contributed by atoms with Crippen LogP contribution in [-0.4, -0.2) is 36.0 Å². The van der Waals surface area contributed by atoms with Gasteiger partial charge in [-0.25, -0.2) is 4.79 Å². The van der Waals surface area contributed by atoms with Crippen molar-refractivity contribution in [3.8, 4) is 0 Å². The van der Waals surface area contributed by atoms with Crippen LogP contribution in [0.2, 0.25) is 0 Å². The zero-order valence-electron chi connectivity index (χ0n) is 13.9. The topological polar surface area (TPSA) is 72.6 Å². The summed E-state index contributed by atoms with van der Waals surface area (Å²) in [4.78, 5) is 26.2. The molecule has 0 saturated carbocycles. The third-order valence-electron chi connectivity index (χ3n) is 4.33. The lowest BCUT2D eigenvalue weighted by atomic mass is 9.89. The molecule has 3 unspecified atom stereocenters. The molecule has 5 nitrogen and oxygen atoms in total. The fourth-order valence-corrected chi connectivity index (χ4v) is 3.00. The Bertz CT molecular complexity index is 774. The second kappa shape index (κ2) is 7.32. The van der Waals surface area contributed by atoms with Gasteiger partial charge in [-0.2, -0.15) is 0 Å². The number of hydrogen-bond acceptors (Lipinski definition) is 4. The van der Waals surface area contributed by atoms with Crippen LogP contribution in [0.1, 0.15) is 17.2 Å². The molecule has 1 amide bonds. The van der Waals surface area contributed by atoms with E-state index >= 15 is 0 Å². The van der Waals surface area contributed by atoms with Gasteiger partial charge in [0, 0.05) is 0 Å². The predicted octanol–water partition coefficient (Wildman–Crippen LogP) is 2.15. The Labute approximate surface area is 146 Å². The molecule has 1 heterocycles. The van der Waals surface area contributed by atoms with Crippen molar-refractivity contribution in [2.75, 3.05) is 7.11 Å². The first-order valence-electron chi connectivity index (χ1n) is 8.07. The largest absolute Gasteiger partial charge is 0.467 e. The first-order valence-corrected chi connectivity index (χ1v) is 8.07. The van der Waals surface area contributed by atoms with Crippen LogP contribution in [-0.2, 0) is 14.3 Å². The molecular weight excluding hydrogens is 316 g/mol. The summed E-state index contributed by atoms with van der Waals surface area (Å²) in [5, 5.41) is 0. The lowest BCUT2D eigenvalue weighted by Gasteiger charge is -2.47. The Morgan fingerprint density at radius 2 is 1.72 bits per heavy atom. The van der Waals surface area contributed by atoms with E-state index in [0.717, 1.165) is 5.56 Å². The van der Waals surface area contributed by atoms with Gasteiger partial charge in [0.15, 0.2) is 6.04 Å². The highest BCUT2D eigenvalue weighted by Gasteiger charge is 2.49. The van der Waals surface area contributed by atoms with Crippen molar-refractivity contribution < 1.29 is 14.3 Å². The van der Waals surface area contributed by atoms with Crippen molar-refractivity contribution in [2.45, 2.75) is 18.1 Å². The minimum atomic E-state index is -0.802. The van der Waals surface area contributed by atoms with E-state index in [-0.39, 0.29) is 11.9 Å². The minimum Gasteiger partial charge on any atom is -0.467 e. The van der Waals surface area contributed by atoms with E-state index in [1.807, 2.05) is 60.7 Å². The smallest absolute Gasteiger partial charge is 0.333 e. The SMILES string of the molecule is COC(=O)C(c1ccccc1)N1C(=O)C(N)C1/C=C/c1ccccc1. The van der Waals surface area contributed by atoms with Crippen LogP contribution in [0.5, 0.6) is 0 Å². The number of hydrogen-bond donors (Lipinski definition) is 1. The van der Waals surface area contributed by atoms with Gasteiger partial charge in [0.05, 0.1) is 13.2 Å². The number of rotatable bonds is 5. The molecule has 0 bridgehead atoms. The van der Waals surface area contributed by atoms with E-state index in [2.05, 4.69) is 0 Å². The fraction of sp³-hybridized carbons (Fsp3) is 0.200. The van der Waals surface area contributed by atoms with Gasteiger partial charge in [0.25, 0.3) is 0 Å². The van der Waals surface area contributed by atoms with Crippen LogP contribution in [0, 0.1) is 0 Å². The number of β-lactam (4-membered cyclic amide) rings is 1. The summed E-state index contributed by atoms with van der Waals surface area (Å²) in [6.07, 6.45) is 3.77. The summed E-state index contributed by atoms with van der Waals surface area (Å²) < 4.78 is 4.92. The first-order chi connectivity index (χ1) is 12.1. The van der Waals surface area contributed by atoms with Crippen molar-refractivity contribution in [1.29, 1.82) is 0 Å². The quantitative estimate of drug-likeness (QED) is 0.671. The molecule has 3 rings (SSSR count). The lowest BCUT2D eigenvalue weighted by molar-refractivity contribution is -0.164. The summed E-state index contributed by atoms with van der Waals surface area (Å²) in [7, 11) is 1.32. The van der Waals surface area contributed by atoms with Crippen molar-refractivity contribution >= 4 is 18.0 Å². The fourth-order valence-electron chi connectivity index (χ4n) is 3.00. The number of carbonyl (C=O) groups excluding carboxylic acids is 2. The van der Waals surface area contributed by atoms with Crippen molar-refractivity contribution in [3.05, 3.63) is 77.9 Å². The average molecular weight is 336 g/mol. The molecule has 1 aliphatic rings. The zero-order chi connectivity index (χ0) is 17.8. The van der Waals surface area contributed by atoms with Crippen molar-refractivity contribution in [2.24, 2.45) is 5.73 Å². The highest BCUT2D eigenvalue weighted by molar-refractivity contribution is 5.95. The molecule has 0 aromatic heterocycles. The maximum Gasteiger partial charge on any atom is 0.333 e. The van der Waals surface area contributed by atoms with E-state index in [9.17, 15) is 9.59 Å². The first kappa shape index (κ1) is 16.9. The van der Waals surface area contributed by atoms with Crippen LogP contribution in [0.25, 0.3) is 6.08 Å². The van der Waals surface area contributed by atoms with Crippen molar-refractivity contribution in [1.82, 2.24) is 4.90 Å². The summed E-state index contributed by atoms with van der Waals surface area (Å²) in [6, 6.07) is 17.0. The van der Waals surface area contributed by atoms with Crippen LogP contribution in [0.4, 0.5) is 0 Å². The number of carbonyl (C=O) groups is 2. The van der Waals surface area contributed by atoms with Gasteiger partial charge in [0.2, 0.25) is 5.91 Å². The van der Waals surface area contributed by atoms with Gasteiger partial charge in [-0.3, -0.25) is 4.79 Å². The van der Waals surface area contributed by atoms with Gasteiger partial charge in [-0.05, 0) is 11.1 Å². The van der Waals surface area contributed by atoms with Crippen molar-refractivity contribution in [3.63, 3.8) is 0 Å². The standard InChI is InChI=1S/C20H20N2O3/c1-25-20(24)18(15-10-6-3-7-11-15)22-16(17(21)19(22)23)13-12-14-8-4-2-5-9-14/h2-13,16-18H,21H2,1H3/b13-12+. The maximum absolute atomic E-state index is 12.4. The molecule has 0 spiro atoms.